The van der Waals surface area contributed by atoms with E-state index in [2.05, 4.69) is 5.32 Å². The summed E-state index contributed by atoms with van der Waals surface area (Å²) in [5.41, 5.74) is -0.582. The van der Waals surface area contributed by atoms with E-state index in [1.807, 2.05) is 6.92 Å². The van der Waals surface area contributed by atoms with Gasteiger partial charge in [-0.3, -0.25) is 14.5 Å². The predicted molar refractivity (Wildman–Crippen MR) is 80.2 cm³/mol. The highest BCUT2D eigenvalue weighted by Gasteiger charge is 2.46. The summed E-state index contributed by atoms with van der Waals surface area (Å²) >= 11 is 12.4. The van der Waals surface area contributed by atoms with Gasteiger partial charge in [0.1, 0.15) is 11.6 Å². The standard InChI is InChI=1S/C14H16Cl2N2O2/c1-4-10-12(19)17-14(2,3)13(20)18(10)11-8(15)6-5-7-9(11)16/h5-7,10H,4H2,1-3H3,(H,17,19). The van der Waals surface area contributed by atoms with Gasteiger partial charge in [-0.2, -0.15) is 0 Å². The smallest absolute Gasteiger partial charge is 0.252 e. The van der Waals surface area contributed by atoms with Gasteiger partial charge in [0.2, 0.25) is 5.91 Å². The topological polar surface area (TPSA) is 49.4 Å². The lowest BCUT2D eigenvalue weighted by Crippen LogP contribution is -2.68. The van der Waals surface area contributed by atoms with Gasteiger partial charge in [-0.15, -0.1) is 0 Å². The molecule has 0 radical (unpaired) electrons. The zero-order valence-electron chi connectivity index (χ0n) is 11.5. The lowest BCUT2D eigenvalue weighted by atomic mass is 9.95. The van der Waals surface area contributed by atoms with Gasteiger partial charge in [0, 0.05) is 0 Å². The van der Waals surface area contributed by atoms with Crippen molar-refractivity contribution in [1.29, 1.82) is 0 Å². The van der Waals surface area contributed by atoms with Crippen LogP contribution in [0.5, 0.6) is 0 Å². The fraction of sp³-hybridized carbons (Fsp3) is 0.429. The second-order valence-corrected chi connectivity index (χ2v) is 6.10. The van der Waals surface area contributed by atoms with Crippen LogP contribution in [0.25, 0.3) is 0 Å². The highest BCUT2D eigenvalue weighted by molar-refractivity contribution is 6.40. The maximum Gasteiger partial charge on any atom is 0.252 e. The zero-order valence-corrected chi connectivity index (χ0v) is 13.0. The first kappa shape index (κ1) is 15.1. The summed E-state index contributed by atoms with van der Waals surface area (Å²) in [5.74, 6) is -0.424. The molecule has 108 valence electrons. The molecule has 1 aliphatic heterocycles. The molecule has 20 heavy (non-hydrogen) atoms. The van der Waals surface area contributed by atoms with Crippen LogP contribution in [0.4, 0.5) is 5.69 Å². The monoisotopic (exact) mass is 314 g/mol. The molecule has 2 rings (SSSR count). The number of hydrogen-bond acceptors (Lipinski definition) is 2. The van der Waals surface area contributed by atoms with Crippen LogP contribution in [0.3, 0.4) is 0 Å². The Morgan fingerprint density at radius 3 is 2.30 bits per heavy atom. The van der Waals surface area contributed by atoms with Gasteiger partial charge >= 0.3 is 0 Å². The van der Waals surface area contributed by atoms with Crippen LogP contribution in [-0.2, 0) is 9.59 Å². The molecule has 0 bridgehead atoms. The number of amides is 2. The number of nitrogens with one attached hydrogen (secondary N) is 1. The summed E-state index contributed by atoms with van der Waals surface area (Å²) < 4.78 is 0. The minimum atomic E-state index is -0.981. The number of para-hydroxylation sites is 1. The van der Waals surface area contributed by atoms with Gasteiger partial charge in [-0.25, -0.2) is 0 Å². The highest BCUT2D eigenvalue weighted by Crippen LogP contribution is 2.37. The molecule has 1 saturated heterocycles. The SMILES string of the molecule is CCC1C(=O)NC(C)(C)C(=O)N1c1c(Cl)cccc1Cl. The quantitative estimate of drug-likeness (QED) is 0.912. The Labute approximate surface area is 128 Å². The molecule has 1 aromatic carbocycles. The molecule has 0 aromatic heterocycles. The number of carbonyl (C=O) groups is 2. The Balaban J connectivity index is 2.60. The second-order valence-electron chi connectivity index (χ2n) is 5.28. The first-order valence-electron chi connectivity index (χ1n) is 6.39. The lowest BCUT2D eigenvalue weighted by Gasteiger charge is -2.43. The van der Waals surface area contributed by atoms with E-state index >= 15 is 0 Å². The van der Waals surface area contributed by atoms with E-state index in [1.165, 1.54) is 4.90 Å². The summed E-state index contributed by atoms with van der Waals surface area (Å²) in [7, 11) is 0. The minimum Gasteiger partial charge on any atom is -0.340 e. The molecule has 1 unspecified atom stereocenters. The van der Waals surface area contributed by atoms with Crippen molar-refractivity contribution in [2.75, 3.05) is 4.90 Å². The van der Waals surface area contributed by atoms with E-state index in [1.54, 1.807) is 32.0 Å². The average Bonchev–Trinajstić information content (AvgIpc) is 2.34. The summed E-state index contributed by atoms with van der Waals surface area (Å²) in [4.78, 5) is 26.3. The van der Waals surface area contributed by atoms with Crippen LogP contribution >= 0.6 is 23.2 Å². The summed E-state index contributed by atoms with van der Waals surface area (Å²) in [5, 5.41) is 3.44. The highest BCUT2D eigenvalue weighted by atomic mass is 35.5. The van der Waals surface area contributed by atoms with Crippen molar-refractivity contribution in [1.82, 2.24) is 5.32 Å². The van der Waals surface area contributed by atoms with Crippen LogP contribution in [-0.4, -0.2) is 23.4 Å². The molecule has 0 saturated carbocycles. The maximum atomic E-state index is 12.7. The van der Waals surface area contributed by atoms with Crippen molar-refractivity contribution in [2.45, 2.75) is 38.8 Å². The number of piperazine rings is 1. The Morgan fingerprint density at radius 2 is 1.80 bits per heavy atom. The second kappa shape index (κ2) is 5.26. The third-order valence-corrected chi connectivity index (χ3v) is 3.98. The molecule has 1 aliphatic rings. The van der Waals surface area contributed by atoms with Gasteiger partial charge in [0.15, 0.2) is 0 Å². The summed E-state index contributed by atoms with van der Waals surface area (Å²) in [6, 6.07) is 4.41. The zero-order chi connectivity index (χ0) is 15.1. The molecule has 1 atom stereocenters. The fourth-order valence-electron chi connectivity index (χ4n) is 2.35. The molecule has 1 aromatic rings. The predicted octanol–water partition coefficient (Wildman–Crippen LogP) is 3.01. The molecule has 4 nitrogen and oxygen atoms in total. The number of hydrogen-bond donors (Lipinski definition) is 1. The van der Waals surface area contributed by atoms with Gasteiger partial charge < -0.3 is 5.32 Å². The summed E-state index contributed by atoms with van der Waals surface area (Å²) in [6.45, 7) is 5.17. The van der Waals surface area contributed by atoms with Crippen molar-refractivity contribution in [2.24, 2.45) is 0 Å². The first-order chi connectivity index (χ1) is 9.29. The molecule has 6 heteroatoms. The van der Waals surface area contributed by atoms with Crippen molar-refractivity contribution < 1.29 is 9.59 Å². The van der Waals surface area contributed by atoms with Crippen molar-refractivity contribution in [3.8, 4) is 0 Å². The van der Waals surface area contributed by atoms with E-state index < -0.39 is 11.6 Å². The number of carbonyl (C=O) groups excluding carboxylic acids is 2. The maximum absolute atomic E-state index is 12.7. The van der Waals surface area contributed by atoms with E-state index in [0.717, 1.165) is 0 Å². The van der Waals surface area contributed by atoms with E-state index in [-0.39, 0.29) is 11.8 Å². The van der Waals surface area contributed by atoms with Crippen LogP contribution in [0.15, 0.2) is 18.2 Å². The number of nitrogens with zero attached hydrogens (tertiary/aromatic N) is 1. The Kier molecular flexibility index (Phi) is 3.98. The Morgan fingerprint density at radius 1 is 1.25 bits per heavy atom. The summed E-state index contributed by atoms with van der Waals surface area (Å²) in [6.07, 6.45) is 0.481. The van der Waals surface area contributed by atoms with Crippen LogP contribution in [0, 0.1) is 0 Å². The molecule has 0 aliphatic carbocycles. The van der Waals surface area contributed by atoms with Gasteiger partial charge in [-0.05, 0) is 32.4 Å². The van der Waals surface area contributed by atoms with E-state index in [4.69, 9.17) is 23.2 Å². The fourth-order valence-corrected chi connectivity index (χ4v) is 2.93. The Hall–Kier alpha value is -1.26. The van der Waals surface area contributed by atoms with Gasteiger partial charge in [-0.1, -0.05) is 36.2 Å². The van der Waals surface area contributed by atoms with Crippen LogP contribution < -0.4 is 10.2 Å². The molecular formula is C14H16Cl2N2O2. The van der Waals surface area contributed by atoms with E-state index in [9.17, 15) is 9.59 Å². The number of anilines is 1. The largest absolute Gasteiger partial charge is 0.340 e. The van der Waals surface area contributed by atoms with Crippen molar-refractivity contribution in [3.05, 3.63) is 28.2 Å². The normalized spacial score (nSPS) is 21.9. The van der Waals surface area contributed by atoms with Gasteiger partial charge in [0.25, 0.3) is 5.91 Å². The minimum absolute atomic E-state index is 0.201. The molecule has 0 spiro atoms. The van der Waals surface area contributed by atoms with Crippen molar-refractivity contribution in [3.63, 3.8) is 0 Å². The number of halogens is 2. The van der Waals surface area contributed by atoms with Crippen LogP contribution in [0.2, 0.25) is 10.0 Å². The number of benzene rings is 1. The Bertz CT molecular complexity index is 552. The third kappa shape index (κ3) is 2.38. The molecular weight excluding hydrogens is 299 g/mol. The molecule has 2 amide bonds. The first-order valence-corrected chi connectivity index (χ1v) is 7.15. The third-order valence-electron chi connectivity index (χ3n) is 3.37. The van der Waals surface area contributed by atoms with Gasteiger partial charge in [0.05, 0.1) is 15.7 Å². The van der Waals surface area contributed by atoms with E-state index in [0.29, 0.717) is 22.2 Å². The molecule has 1 N–H and O–H groups in total. The lowest BCUT2D eigenvalue weighted by molar-refractivity contribution is -0.137. The molecule has 1 heterocycles. The average molecular weight is 315 g/mol. The molecule has 1 fully saturated rings. The van der Waals surface area contributed by atoms with Crippen LogP contribution in [0.1, 0.15) is 27.2 Å². The van der Waals surface area contributed by atoms with Crippen molar-refractivity contribution >= 4 is 40.7 Å². The number of rotatable bonds is 2.